The molecule has 0 fully saturated rings. The van der Waals surface area contributed by atoms with E-state index in [1.54, 1.807) is 31.2 Å². The fourth-order valence-electron chi connectivity index (χ4n) is 2.53. The van der Waals surface area contributed by atoms with Gasteiger partial charge in [-0.1, -0.05) is 30.3 Å². The normalized spacial score (nSPS) is 10.4. The Morgan fingerprint density at radius 3 is 2.62 bits per heavy atom. The number of carbonyl (C=O) groups is 1. The minimum absolute atomic E-state index is 0.0925. The van der Waals surface area contributed by atoms with E-state index >= 15 is 0 Å². The van der Waals surface area contributed by atoms with Crippen LogP contribution in [0, 0.1) is 19.7 Å². The minimum atomic E-state index is -0.383. The predicted molar refractivity (Wildman–Crippen MR) is 98.8 cm³/mol. The first-order chi connectivity index (χ1) is 12.5. The van der Waals surface area contributed by atoms with Crippen LogP contribution in [0.4, 0.5) is 15.9 Å². The second-order valence-corrected chi connectivity index (χ2v) is 5.95. The second kappa shape index (κ2) is 7.74. The van der Waals surface area contributed by atoms with Crippen LogP contribution in [-0.4, -0.2) is 15.9 Å². The Labute approximate surface area is 151 Å². The summed E-state index contributed by atoms with van der Waals surface area (Å²) in [6.45, 7) is 3.81. The summed E-state index contributed by atoms with van der Waals surface area (Å²) in [6, 6.07) is 15.7. The third-order valence-corrected chi connectivity index (χ3v) is 3.76. The van der Waals surface area contributed by atoms with Crippen molar-refractivity contribution in [1.29, 1.82) is 0 Å². The molecule has 2 N–H and O–H groups in total. The van der Waals surface area contributed by atoms with Crippen LogP contribution < -0.4 is 10.6 Å². The number of nitrogens with one attached hydrogen (secondary N) is 2. The number of rotatable bonds is 5. The molecule has 2 aromatic carbocycles. The van der Waals surface area contributed by atoms with E-state index in [1.165, 1.54) is 6.07 Å². The summed E-state index contributed by atoms with van der Waals surface area (Å²) in [5, 5.41) is 5.86. The van der Waals surface area contributed by atoms with Crippen molar-refractivity contribution >= 4 is 17.4 Å². The van der Waals surface area contributed by atoms with Crippen LogP contribution in [0.1, 0.15) is 27.4 Å². The molecule has 0 spiro atoms. The van der Waals surface area contributed by atoms with Gasteiger partial charge in [0.15, 0.2) is 0 Å². The van der Waals surface area contributed by atoms with E-state index in [0.717, 1.165) is 11.3 Å². The molecule has 1 amide bonds. The molecule has 0 aliphatic carbocycles. The van der Waals surface area contributed by atoms with Crippen LogP contribution in [0.3, 0.4) is 0 Å². The second-order valence-electron chi connectivity index (χ2n) is 5.95. The van der Waals surface area contributed by atoms with Gasteiger partial charge in [0.25, 0.3) is 5.91 Å². The minimum Gasteiger partial charge on any atom is -0.347 e. The number of hydrogen-bond acceptors (Lipinski definition) is 4. The molecular weight excluding hydrogens is 331 g/mol. The highest BCUT2D eigenvalue weighted by molar-refractivity contribution is 5.93. The number of amides is 1. The molecule has 5 nitrogen and oxygen atoms in total. The lowest BCUT2D eigenvalue weighted by atomic mass is 10.2. The molecule has 1 heterocycles. The largest absolute Gasteiger partial charge is 0.347 e. The van der Waals surface area contributed by atoms with Crippen molar-refractivity contribution < 1.29 is 9.18 Å². The lowest BCUT2D eigenvalue weighted by Gasteiger charge is -2.10. The van der Waals surface area contributed by atoms with Crippen molar-refractivity contribution in [3.8, 4) is 0 Å². The van der Waals surface area contributed by atoms with Crippen molar-refractivity contribution in [1.82, 2.24) is 15.3 Å². The lowest BCUT2D eigenvalue weighted by molar-refractivity contribution is 0.0945. The summed E-state index contributed by atoms with van der Waals surface area (Å²) in [6.07, 6.45) is 0. The van der Waals surface area contributed by atoms with Crippen LogP contribution in [-0.2, 0) is 6.54 Å². The molecule has 0 radical (unpaired) electrons. The van der Waals surface area contributed by atoms with E-state index in [2.05, 4.69) is 20.6 Å². The molecule has 0 aliphatic rings. The average molecular weight is 350 g/mol. The third kappa shape index (κ3) is 4.42. The third-order valence-electron chi connectivity index (χ3n) is 3.76. The number of benzene rings is 2. The van der Waals surface area contributed by atoms with Gasteiger partial charge in [0.05, 0.1) is 0 Å². The van der Waals surface area contributed by atoms with Crippen LogP contribution in [0.5, 0.6) is 0 Å². The Balaban J connectivity index is 1.74. The number of halogens is 1. The van der Waals surface area contributed by atoms with E-state index in [-0.39, 0.29) is 24.0 Å². The van der Waals surface area contributed by atoms with E-state index in [4.69, 9.17) is 0 Å². The molecule has 0 bridgehead atoms. The Morgan fingerprint density at radius 2 is 1.85 bits per heavy atom. The van der Waals surface area contributed by atoms with Gasteiger partial charge in [-0.15, -0.1) is 0 Å². The molecule has 26 heavy (non-hydrogen) atoms. The first-order valence-electron chi connectivity index (χ1n) is 8.22. The lowest BCUT2D eigenvalue weighted by Crippen LogP contribution is -2.25. The maximum absolute atomic E-state index is 13.7. The van der Waals surface area contributed by atoms with Crippen molar-refractivity contribution in [3.05, 3.63) is 83.1 Å². The Hall–Kier alpha value is -3.28. The van der Waals surface area contributed by atoms with Gasteiger partial charge in [0.1, 0.15) is 23.2 Å². The topological polar surface area (TPSA) is 66.9 Å². The van der Waals surface area contributed by atoms with Gasteiger partial charge in [-0.05, 0) is 37.6 Å². The number of nitrogens with zero attached hydrogens (tertiary/aromatic N) is 2. The zero-order valence-corrected chi connectivity index (χ0v) is 14.6. The van der Waals surface area contributed by atoms with Gasteiger partial charge in [0.2, 0.25) is 0 Å². The molecule has 3 aromatic rings. The quantitative estimate of drug-likeness (QED) is 0.732. The first-order valence-corrected chi connectivity index (χ1v) is 8.22. The molecule has 6 heteroatoms. The number of aromatic nitrogens is 2. The van der Waals surface area contributed by atoms with Gasteiger partial charge >= 0.3 is 0 Å². The van der Waals surface area contributed by atoms with Crippen LogP contribution in [0.15, 0.2) is 54.6 Å². The zero-order chi connectivity index (χ0) is 18.5. The number of carbonyl (C=O) groups excluding carboxylic acids is 1. The van der Waals surface area contributed by atoms with E-state index < -0.39 is 0 Å². The van der Waals surface area contributed by atoms with Crippen molar-refractivity contribution in [2.75, 3.05) is 5.32 Å². The van der Waals surface area contributed by atoms with Gasteiger partial charge in [0, 0.05) is 23.9 Å². The van der Waals surface area contributed by atoms with Crippen LogP contribution in [0.25, 0.3) is 0 Å². The Bertz CT molecular complexity index is 943. The molecule has 0 saturated carbocycles. The number of aryl methyl sites for hydroxylation is 2. The molecule has 1 aromatic heterocycles. The zero-order valence-electron chi connectivity index (χ0n) is 14.6. The molecule has 0 atom stereocenters. The van der Waals surface area contributed by atoms with Crippen molar-refractivity contribution in [2.45, 2.75) is 20.4 Å². The summed E-state index contributed by atoms with van der Waals surface area (Å²) in [5.74, 6) is 0.261. The standard InChI is InChI=1S/C20H19FN4O/c1-13-6-5-8-16(10-13)25-19-11-18(23-14(2)24-19)20(26)22-12-15-7-3-4-9-17(15)21/h3-11H,12H2,1-2H3,(H,22,26)(H,23,24,25). The summed E-state index contributed by atoms with van der Waals surface area (Å²) >= 11 is 0. The predicted octanol–water partition coefficient (Wildman–Crippen LogP) is 3.91. The Kier molecular flexibility index (Phi) is 5.22. The molecule has 0 saturated heterocycles. The molecule has 0 unspecified atom stereocenters. The van der Waals surface area contributed by atoms with Crippen molar-refractivity contribution in [3.63, 3.8) is 0 Å². The summed E-state index contributed by atoms with van der Waals surface area (Å²) in [7, 11) is 0. The summed E-state index contributed by atoms with van der Waals surface area (Å²) in [4.78, 5) is 20.9. The highest BCUT2D eigenvalue weighted by Gasteiger charge is 2.11. The SMILES string of the molecule is Cc1cccc(Nc2cc(C(=O)NCc3ccccc3F)nc(C)n2)c1. The van der Waals surface area contributed by atoms with Gasteiger partial charge in [-0.3, -0.25) is 4.79 Å². The highest BCUT2D eigenvalue weighted by Crippen LogP contribution is 2.17. The molecule has 132 valence electrons. The van der Waals surface area contributed by atoms with E-state index in [1.807, 2.05) is 31.2 Å². The highest BCUT2D eigenvalue weighted by atomic mass is 19.1. The van der Waals surface area contributed by atoms with Gasteiger partial charge in [-0.25, -0.2) is 14.4 Å². The number of anilines is 2. The fourth-order valence-corrected chi connectivity index (χ4v) is 2.53. The van der Waals surface area contributed by atoms with Gasteiger partial charge in [-0.2, -0.15) is 0 Å². The first kappa shape index (κ1) is 17.5. The van der Waals surface area contributed by atoms with Crippen molar-refractivity contribution in [2.24, 2.45) is 0 Å². The van der Waals surface area contributed by atoms with Gasteiger partial charge < -0.3 is 10.6 Å². The Morgan fingerprint density at radius 1 is 1.04 bits per heavy atom. The number of hydrogen-bond donors (Lipinski definition) is 2. The average Bonchev–Trinajstić information content (AvgIpc) is 2.60. The van der Waals surface area contributed by atoms with E-state index in [9.17, 15) is 9.18 Å². The van der Waals surface area contributed by atoms with Crippen LogP contribution >= 0.6 is 0 Å². The van der Waals surface area contributed by atoms with E-state index in [0.29, 0.717) is 17.2 Å². The maximum atomic E-state index is 13.7. The maximum Gasteiger partial charge on any atom is 0.270 e. The summed E-state index contributed by atoms with van der Waals surface area (Å²) in [5.41, 5.74) is 2.64. The molecular formula is C20H19FN4O. The van der Waals surface area contributed by atoms with Crippen LogP contribution in [0.2, 0.25) is 0 Å². The fraction of sp³-hybridized carbons (Fsp3) is 0.150. The monoisotopic (exact) mass is 350 g/mol. The molecule has 0 aliphatic heterocycles. The smallest absolute Gasteiger partial charge is 0.270 e. The summed E-state index contributed by atoms with van der Waals surface area (Å²) < 4.78 is 13.7. The molecule has 3 rings (SSSR count).